The number of H-pyrrole nitrogens is 2. The molecule has 2 aromatic rings. The zero-order valence-electron chi connectivity index (χ0n) is 26.5. The lowest BCUT2D eigenvalue weighted by Crippen LogP contribution is -2.64. The molecule has 0 aliphatic heterocycles. The molecule has 2 heterocycles. The van der Waals surface area contributed by atoms with Crippen LogP contribution >= 0.6 is 0 Å². The Hall–Kier alpha value is -2.77. The number of nitrogens with two attached hydrogens (primary N) is 1. The van der Waals surface area contributed by atoms with Crippen molar-refractivity contribution in [3.8, 4) is 5.88 Å². The van der Waals surface area contributed by atoms with Crippen LogP contribution < -0.4 is 11.1 Å². The fourth-order valence-corrected chi connectivity index (χ4v) is 11.9. The Morgan fingerprint density at radius 1 is 1.02 bits per heavy atom. The number of nitrogens with one attached hydrogen (secondary N) is 3. The van der Waals surface area contributed by atoms with Gasteiger partial charge in [-0.2, -0.15) is 10.2 Å². The van der Waals surface area contributed by atoms with Crippen molar-refractivity contribution in [3.63, 3.8) is 0 Å². The number of carbonyl (C=O) groups excluding carboxylic acids is 1. The van der Waals surface area contributed by atoms with Crippen LogP contribution in [0, 0.1) is 51.2 Å². The molecule has 0 saturated heterocycles. The maximum atomic E-state index is 13.7. The third kappa shape index (κ3) is 3.62. The minimum atomic E-state index is -0.0662. The normalized spacial score (nSPS) is 41.3. The molecule has 6 N–H and O–H groups in total. The first kappa shape index (κ1) is 28.0. The summed E-state index contributed by atoms with van der Waals surface area (Å²) < 4.78 is 0. The summed E-state index contributed by atoms with van der Waals surface area (Å²) >= 11 is 0. The van der Waals surface area contributed by atoms with Crippen molar-refractivity contribution in [3.05, 3.63) is 29.0 Å². The van der Waals surface area contributed by atoms with Gasteiger partial charge in [0.1, 0.15) is 5.82 Å². The van der Waals surface area contributed by atoms with Gasteiger partial charge in [-0.15, -0.1) is 0 Å². The van der Waals surface area contributed by atoms with Crippen LogP contribution in [0.25, 0.3) is 0 Å². The van der Waals surface area contributed by atoms with Crippen molar-refractivity contribution in [1.82, 2.24) is 20.4 Å². The molecule has 8 heteroatoms. The summed E-state index contributed by atoms with van der Waals surface area (Å²) in [4.78, 5) is 13.7. The second kappa shape index (κ2) is 8.66. The van der Waals surface area contributed by atoms with E-state index in [1.54, 1.807) is 5.57 Å². The van der Waals surface area contributed by atoms with Crippen LogP contribution in [0.1, 0.15) is 105 Å². The molecule has 3 fully saturated rings. The fourth-order valence-electron chi connectivity index (χ4n) is 11.9. The lowest BCUT2D eigenvalue weighted by atomic mass is 9.34. The van der Waals surface area contributed by atoms with Crippen LogP contribution in [0.4, 0.5) is 11.6 Å². The summed E-state index contributed by atoms with van der Waals surface area (Å²) in [6, 6.07) is 1.48. The largest absolute Gasteiger partial charge is 0.494 e. The van der Waals surface area contributed by atoms with E-state index in [9.17, 15) is 9.90 Å². The third-order valence-electron chi connectivity index (χ3n) is 13.8. The van der Waals surface area contributed by atoms with Gasteiger partial charge in [-0.25, -0.2) is 5.10 Å². The van der Waals surface area contributed by atoms with E-state index in [1.807, 2.05) is 0 Å². The molecule has 0 aromatic carbocycles. The number of aromatic nitrogens is 4. The predicted molar refractivity (Wildman–Crippen MR) is 165 cm³/mol. The number of aromatic amines is 2. The Morgan fingerprint density at radius 2 is 1.79 bits per heavy atom. The highest BCUT2D eigenvalue weighted by Gasteiger charge is 2.67. The summed E-state index contributed by atoms with van der Waals surface area (Å²) in [6.45, 7) is 17.2. The molecule has 1 amide bonds. The van der Waals surface area contributed by atoms with Gasteiger partial charge >= 0.3 is 0 Å². The van der Waals surface area contributed by atoms with E-state index >= 15 is 0 Å². The SMILES string of the molecule is CC1(C)CC2C3=CCC4[C@@]5(C)Cc6c(n[nH]c6N)C(C)(C)C5CC[C@@]4(C)[C@]3(C)CC[C@@H]2[C@H](C(=O)Nc2cc(O)[nH]n2)C1. The zero-order chi connectivity index (χ0) is 30.0. The zero-order valence-corrected chi connectivity index (χ0v) is 26.5. The number of aromatic hydroxyl groups is 1. The van der Waals surface area contributed by atoms with E-state index < -0.39 is 0 Å². The lowest BCUT2D eigenvalue weighted by Gasteiger charge is -2.70. The molecule has 3 unspecified atom stereocenters. The number of fused-ring (bicyclic) bond motifs is 8. The number of rotatable bonds is 2. The molecule has 2 aromatic heterocycles. The Bertz CT molecular complexity index is 1470. The van der Waals surface area contributed by atoms with Crippen molar-refractivity contribution in [2.75, 3.05) is 11.1 Å². The molecule has 5 aliphatic rings. The summed E-state index contributed by atoms with van der Waals surface area (Å²) in [5.74, 6) is 2.97. The van der Waals surface area contributed by atoms with E-state index in [0.29, 0.717) is 29.5 Å². The van der Waals surface area contributed by atoms with Crippen LogP contribution in [0.15, 0.2) is 17.7 Å². The van der Waals surface area contributed by atoms with Crippen molar-refractivity contribution >= 4 is 17.5 Å². The predicted octanol–water partition coefficient (Wildman–Crippen LogP) is 6.73. The highest BCUT2D eigenvalue weighted by Crippen LogP contribution is 2.74. The third-order valence-corrected chi connectivity index (χ3v) is 13.8. The number of hydrogen-bond acceptors (Lipinski definition) is 5. The van der Waals surface area contributed by atoms with Gasteiger partial charge in [-0.3, -0.25) is 9.89 Å². The Kier molecular flexibility index (Phi) is 5.78. The first-order chi connectivity index (χ1) is 19.6. The maximum Gasteiger partial charge on any atom is 0.229 e. The number of anilines is 2. The van der Waals surface area contributed by atoms with Gasteiger partial charge < -0.3 is 16.2 Å². The van der Waals surface area contributed by atoms with Crippen LogP contribution in [-0.4, -0.2) is 31.4 Å². The highest BCUT2D eigenvalue weighted by atomic mass is 16.3. The Labute approximate surface area is 250 Å². The molecular formula is C34H50N6O2. The maximum absolute atomic E-state index is 13.7. The molecule has 8 nitrogen and oxygen atoms in total. The summed E-state index contributed by atoms with van der Waals surface area (Å²) in [5, 5.41) is 27.2. The van der Waals surface area contributed by atoms with E-state index in [1.165, 1.54) is 30.2 Å². The standard InChI is InChI=1S/C34H50N6O2/c1-30(2)15-19-18(20(16-30)29(42)36-25-14-26(41)38-37-25)10-12-33(6)22(19)8-9-24-32(5)17-21-27(39-40-28(21)35)31(3,4)23(32)11-13-34(24,33)7/h8,14,18-20,23-24H,9-13,15-17H2,1-7H3,(H3,35,39,40)(H3,36,37,38,41,42)/t18-,19?,20+,23?,24?,32-,33+,34+/m0/s1. The monoisotopic (exact) mass is 574 g/mol. The van der Waals surface area contributed by atoms with Gasteiger partial charge in [0.15, 0.2) is 5.82 Å². The Morgan fingerprint density at radius 3 is 2.50 bits per heavy atom. The second-order valence-corrected chi connectivity index (χ2v) is 16.8. The number of nitrogen functional groups attached to an aromatic ring is 1. The quantitative estimate of drug-likeness (QED) is 0.254. The number of hydrogen-bond donors (Lipinski definition) is 5. The summed E-state index contributed by atoms with van der Waals surface area (Å²) in [5.41, 5.74) is 11.1. The van der Waals surface area contributed by atoms with Crippen LogP contribution in [0.5, 0.6) is 5.88 Å². The van der Waals surface area contributed by atoms with Crippen molar-refractivity contribution in [1.29, 1.82) is 0 Å². The molecular weight excluding hydrogens is 524 g/mol. The Balaban J connectivity index is 1.25. The second-order valence-electron chi connectivity index (χ2n) is 16.8. The molecule has 0 bridgehead atoms. The van der Waals surface area contributed by atoms with Crippen molar-refractivity contribution < 1.29 is 9.90 Å². The number of allylic oxidation sites excluding steroid dienone is 2. The minimum absolute atomic E-state index is 0.0145. The average Bonchev–Trinajstić information content (AvgIpc) is 3.48. The number of nitrogens with zero attached hydrogens (tertiary/aromatic N) is 2. The highest BCUT2D eigenvalue weighted by molar-refractivity contribution is 5.92. The molecule has 8 atom stereocenters. The number of carbonyl (C=O) groups is 1. The lowest BCUT2D eigenvalue weighted by molar-refractivity contribution is -0.156. The number of amides is 1. The van der Waals surface area contributed by atoms with Gasteiger partial charge in [0.05, 0.1) is 5.69 Å². The van der Waals surface area contributed by atoms with Gasteiger partial charge in [-0.1, -0.05) is 60.1 Å². The van der Waals surface area contributed by atoms with Gasteiger partial charge in [0.25, 0.3) is 0 Å². The smallest absolute Gasteiger partial charge is 0.229 e. The van der Waals surface area contributed by atoms with E-state index in [-0.39, 0.29) is 44.8 Å². The summed E-state index contributed by atoms with van der Waals surface area (Å²) in [7, 11) is 0. The van der Waals surface area contributed by atoms with Gasteiger partial charge in [0.2, 0.25) is 11.8 Å². The molecule has 0 spiro atoms. The fraction of sp³-hybridized carbons (Fsp3) is 0.735. The summed E-state index contributed by atoms with van der Waals surface area (Å²) in [6.07, 6.45) is 11.4. The van der Waals surface area contributed by atoms with E-state index in [2.05, 4.69) is 75.2 Å². The van der Waals surface area contributed by atoms with Crippen LogP contribution in [-0.2, 0) is 16.6 Å². The van der Waals surface area contributed by atoms with Crippen LogP contribution in [0.2, 0.25) is 0 Å². The van der Waals surface area contributed by atoms with Crippen molar-refractivity contribution in [2.24, 2.45) is 51.2 Å². The topological polar surface area (TPSA) is 133 Å². The minimum Gasteiger partial charge on any atom is -0.494 e. The molecule has 0 radical (unpaired) electrons. The molecule has 42 heavy (non-hydrogen) atoms. The molecule has 228 valence electrons. The molecule has 7 rings (SSSR count). The van der Waals surface area contributed by atoms with E-state index in [4.69, 9.17) is 10.8 Å². The molecule has 3 saturated carbocycles. The average molecular weight is 575 g/mol. The first-order valence-electron chi connectivity index (χ1n) is 16.2. The van der Waals surface area contributed by atoms with Gasteiger partial charge in [-0.05, 0) is 96.7 Å². The van der Waals surface area contributed by atoms with Crippen molar-refractivity contribution in [2.45, 2.75) is 105 Å². The van der Waals surface area contributed by atoms with E-state index in [0.717, 1.165) is 44.3 Å². The van der Waals surface area contributed by atoms with Gasteiger partial charge in [0, 0.05) is 23.0 Å². The van der Waals surface area contributed by atoms with Crippen LogP contribution in [0.3, 0.4) is 0 Å². The molecule has 5 aliphatic carbocycles. The first-order valence-corrected chi connectivity index (χ1v) is 16.2.